The molecule has 0 saturated carbocycles. The molecule has 0 aliphatic rings. The summed E-state index contributed by atoms with van der Waals surface area (Å²) in [4.78, 5) is 12.5. The van der Waals surface area contributed by atoms with Crippen LogP contribution in [0.3, 0.4) is 0 Å². The number of unbranched alkanes of at least 4 members (excludes halogenated alkanes) is 25. The molecular formula is C63H107NO3. The number of rotatable bonds is 50. The van der Waals surface area contributed by atoms with Gasteiger partial charge in [-0.05, 0) is 96.3 Å². The van der Waals surface area contributed by atoms with Gasteiger partial charge in [0.15, 0.2) is 0 Å². The molecule has 67 heavy (non-hydrogen) atoms. The van der Waals surface area contributed by atoms with Crippen LogP contribution in [0.1, 0.15) is 251 Å². The normalized spacial score (nSPS) is 13.8. The summed E-state index contributed by atoms with van der Waals surface area (Å²) in [6.07, 6.45) is 87.8. The molecule has 0 aromatic heterocycles. The van der Waals surface area contributed by atoms with Crippen molar-refractivity contribution in [1.29, 1.82) is 0 Å². The number of aliphatic hydroxyl groups is 2. The van der Waals surface area contributed by atoms with E-state index < -0.39 is 12.1 Å². The summed E-state index contributed by atoms with van der Waals surface area (Å²) in [5.41, 5.74) is 0. The highest BCUT2D eigenvalue weighted by molar-refractivity contribution is 5.76. The maximum Gasteiger partial charge on any atom is 0.220 e. The third-order valence-corrected chi connectivity index (χ3v) is 12.2. The van der Waals surface area contributed by atoms with E-state index >= 15 is 0 Å². The Bertz CT molecular complexity index is 1330. The Morgan fingerprint density at radius 1 is 0.373 bits per heavy atom. The van der Waals surface area contributed by atoms with Crippen LogP contribution in [0.5, 0.6) is 0 Å². The summed E-state index contributed by atoms with van der Waals surface area (Å²) in [6.45, 7) is 4.18. The van der Waals surface area contributed by atoms with Crippen LogP contribution in [0.2, 0.25) is 0 Å². The summed E-state index contributed by atoms with van der Waals surface area (Å²) < 4.78 is 0. The lowest BCUT2D eigenvalue weighted by Gasteiger charge is -2.19. The highest BCUT2D eigenvalue weighted by atomic mass is 16.3. The average Bonchev–Trinajstić information content (AvgIpc) is 3.33. The number of amides is 1. The van der Waals surface area contributed by atoms with Gasteiger partial charge in [0.25, 0.3) is 0 Å². The molecule has 1 amide bonds. The summed E-state index contributed by atoms with van der Waals surface area (Å²) in [5.74, 6) is -0.0798. The van der Waals surface area contributed by atoms with Crippen molar-refractivity contribution in [3.63, 3.8) is 0 Å². The highest BCUT2D eigenvalue weighted by Crippen LogP contribution is 2.15. The molecule has 2 unspecified atom stereocenters. The van der Waals surface area contributed by atoms with Gasteiger partial charge in [-0.25, -0.2) is 0 Å². The molecule has 2 atom stereocenters. The van der Waals surface area contributed by atoms with Gasteiger partial charge >= 0.3 is 0 Å². The van der Waals surface area contributed by atoms with Crippen LogP contribution >= 0.6 is 0 Å². The van der Waals surface area contributed by atoms with E-state index in [4.69, 9.17) is 0 Å². The first kappa shape index (κ1) is 63.8. The second-order valence-electron chi connectivity index (χ2n) is 18.6. The molecule has 0 aromatic rings. The predicted octanol–water partition coefficient (Wildman–Crippen LogP) is 18.9. The fourth-order valence-electron chi connectivity index (χ4n) is 7.92. The summed E-state index contributed by atoms with van der Waals surface area (Å²) >= 11 is 0. The standard InChI is InChI=1S/C63H107NO3/c1-3-5-7-9-11-13-15-17-19-21-23-24-25-26-27-28-29-30-31-32-33-34-35-36-37-38-39-40-41-43-45-47-49-51-53-55-57-59-63(67)64-61(60-65)62(66)58-56-54-52-50-48-46-44-42-22-20-18-16-14-12-10-8-6-4-2/h5,7,11,13,17,19,23-24,26-27,29-30,32-33,35-36,48,50,56,58,61-62,65-66H,3-4,6,8-10,12,14-16,18,20-22,25,28,31,34,37-47,49,51-55,57,59-60H2,1-2H3,(H,64,67)/b7-5-,13-11-,19-17-,24-23-,27-26-,30-29-,33-32-,36-35-,50-48+,58-56+. The van der Waals surface area contributed by atoms with Gasteiger partial charge in [-0.2, -0.15) is 0 Å². The van der Waals surface area contributed by atoms with Crippen molar-refractivity contribution in [3.8, 4) is 0 Å². The Hall–Kier alpha value is -3.21. The van der Waals surface area contributed by atoms with Crippen molar-refractivity contribution >= 4 is 5.91 Å². The van der Waals surface area contributed by atoms with Crippen LogP contribution < -0.4 is 5.32 Å². The summed E-state index contributed by atoms with van der Waals surface area (Å²) in [6, 6.07) is -0.648. The minimum absolute atomic E-state index is 0.0798. The number of allylic oxidation sites excluding steroid dienone is 19. The smallest absolute Gasteiger partial charge is 0.220 e. The number of hydrogen-bond donors (Lipinski definition) is 3. The van der Waals surface area contributed by atoms with Crippen LogP contribution in [-0.4, -0.2) is 34.9 Å². The molecule has 3 N–H and O–H groups in total. The van der Waals surface area contributed by atoms with Crippen LogP contribution in [0, 0.1) is 0 Å². The van der Waals surface area contributed by atoms with Crippen LogP contribution in [-0.2, 0) is 4.79 Å². The van der Waals surface area contributed by atoms with Gasteiger partial charge in [0, 0.05) is 6.42 Å². The average molecular weight is 927 g/mol. The molecule has 4 heteroatoms. The van der Waals surface area contributed by atoms with E-state index in [1.807, 2.05) is 6.08 Å². The zero-order chi connectivity index (χ0) is 48.5. The Labute approximate surface area is 416 Å². The first-order valence-corrected chi connectivity index (χ1v) is 28.2. The van der Waals surface area contributed by atoms with E-state index in [0.717, 1.165) is 83.5 Å². The zero-order valence-electron chi connectivity index (χ0n) is 43.9. The van der Waals surface area contributed by atoms with Crippen LogP contribution in [0.25, 0.3) is 0 Å². The van der Waals surface area contributed by atoms with Crippen molar-refractivity contribution in [2.24, 2.45) is 0 Å². The molecule has 0 radical (unpaired) electrons. The molecule has 0 aliphatic carbocycles. The fraction of sp³-hybridized carbons (Fsp3) is 0.667. The molecule has 0 fully saturated rings. The van der Waals surface area contributed by atoms with Gasteiger partial charge in [0.2, 0.25) is 5.91 Å². The minimum atomic E-state index is -0.870. The first-order valence-electron chi connectivity index (χ1n) is 28.2. The number of hydrogen-bond acceptors (Lipinski definition) is 3. The van der Waals surface area contributed by atoms with Crippen molar-refractivity contribution in [3.05, 3.63) is 122 Å². The predicted molar refractivity (Wildman–Crippen MR) is 299 cm³/mol. The maximum atomic E-state index is 12.5. The number of carbonyl (C=O) groups is 1. The molecule has 0 rings (SSSR count). The van der Waals surface area contributed by atoms with Gasteiger partial charge in [-0.15, -0.1) is 0 Å². The molecule has 0 aliphatic heterocycles. The topological polar surface area (TPSA) is 69.6 Å². The molecule has 0 heterocycles. The van der Waals surface area contributed by atoms with E-state index in [0.29, 0.717) is 6.42 Å². The largest absolute Gasteiger partial charge is 0.394 e. The Kier molecular flexibility index (Phi) is 54.4. The lowest BCUT2D eigenvalue weighted by molar-refractivity contribution is -0.123. The fourth-order valence-corrected chi connectivity index (χ4v) is 7.92. The SMILES string of the molecule is CC/C=C\C/C=C\C/C=C\C/C=C\C/C=C\C/C=C\C/C=C\C/C=C\CCCCCCCCCCCCCCC(=O)NC(CO)C(O)/C=C/CC/C=C/CCCCCCCCCCCCCC. The third kappa shape index (κ3) is 53.6. The third-order valence-electron chi connectivity index (χ3n) is 12.2. The molecule has 0 aromatic carbocycles. The monoisotopic (exact) mass is 926 g/mol. The van der Waals surface area contributed by atoms with Gasteiger partial charge in [-0.3, -0.25) is 4.79 Å². The Balaban J connectivity index is 3.60. The molecule has 0 saturated heterocycles. The van der Waals surface area contributed by atoms with Gasteiger partial charge in [0.05, 0.1) is 18.8 Å². The zero-order valence-corrected chi connectivity index (χ0v) is 43.9. The van der Waals surface area contributed by atoms with Crippen molar-refractivity contribution in [2.45, 2.75) is 264 Å². The Morgan fingerprint density at radius 2 is 0.672 bits per heavy atom. The highest BCUT2D eigenvalue weighted by Gasteiger charge is 2.17. The first-order chi connectivity index (χ1) is 33.2. The van der Waals surface area contributed by atoms with Crippen LogP contribution in [0.15, 0.2) is 122 Å². The van der Waals surface area contributed by atoms with E-state index in [9.17, 15) is 15.0 Å². The second-order valence-corrected chi connectivity index (χ2v) is 18.6. The number of carbonyl (C=O) groups excluding carboxylic acids is 1. The van der Waals surface area contributed by atoms with Gasteiger partial charge in [0.1, 0.15) is 0 Å². The van der Waals surface area contributed by atoms with Crippen molar-refractivity contribution < 1.29 is 15.0 Å². The van der Waals surface area contributed by atoms with E-state index in [1.54, 1.807) is 6.08 Å². The van der Waals surface area contributed by atoms with E-state index in [-0.39, 0.29) is 12.5 Å². The molecule has 0 bridgehead atoms. The molecule has 0 spiro atoms. The molecular weight excluding hydrogens is 819 g/mol. The molecule has 382 valence electrons. The lowest BCUT2D eigenvalue weighted by atomic mass is 10.0. The van der Waals surface area contributed by atoms with Crippen LogP contribution in [0.4, 0.5) is 0 Å². The number of aliphatic hydroxyl groups excluding tert-OH is 2. The quantitative estimate of drug-likeness (QED) is 0.0421. The maximum absolute atomic E-state index is 12.5. The van der Waals surface area contributed by atoms with E-state index in [1.165, 1.54) is 148 Å². The minimum Gasteiger partial charge on any atom is -0.394 e. The number of nitrogens with one attached hydrogen (secondary N) is 1. The van der Waals surface area contributed by atoms with Crippen molar-refractivity contribution in [1.82, 2.24) is 5.32 Å². The van der Waals surface area contributed by atoms with Gasteiger partial charge in [-0.1, -0.05) is 270 Å². The van der Waals surface area contributed by atoms with E-state index in [2.05, 4.69) is 129 Å². The second kappa shape index (κ2) is 57.1. The lowest BCUT2D eigenvalue weighted by Crippen LogP contribution is -2.45. The van der Waals surface area contributed by atoms with Gasteiger partial charge < -0.3 is 15.5 Å². The Morgan fingerprint density at radius 3 is 1.04 bits per heavy atom. The summed E-state index contributed by atoms with van der Waals surface area (Å²) in [5, 5.41) is 23.1. The molecule has 4 nitrogen and oxygen atoms in total. The summed E-state index contributed by atoms with van der Waals surface area (Å²) in [7, 11) is 0. The van der Waals surface area contributed by atoms with Crippen molar-refractivity contribution in [2.75, 3.05) is 6.61 Å².